The smallest absolute Gasteiger partial charge is 0.145 e. The number of hydrogen-bond donors (Lipinski definition) is 0. The second kappa shape index (κ2) is 3.00. The molecule has 3 rings (SSSR count). The van der Waals surface area contributed by atoms with E-state index in [0.717, 1.165) is 30.1 Å². The second-order valence-electron chi connectivity index (χ2n) is 6.80. The van der Waals surface area contributed by atoms with E-state index in [0.29, 0.717) is 16.7 Å². The minimum absolute atomic E-state index is 0.430. The minimum Gasteiger partial charge on any atom is -0.298 e. The van der Waals surface area contributed by atoms with Gasteiger partial charge in [0.05, 0.1) is 0 Å². The summed E-state index contributed by atoms with van der Waals surface area (Å²) in [6.45, 7) is 7.24. The molecule has 0 aromatic carbocycles. The number of hydrogen-bond acceptors (Lipinski definition) is 1. The lowest BCUT2D eigenvalue weighted by molar-refractivity contribution is -0.167. The highest BCUT2D eigenvalue weighted by Gasteiger charge is 2.69. The van der Waals surface area contributed by atoms with E-state index in [9.17, 15) is 4.79 Å². The molecule has 1 heteroatoms. The van der Waals surface area contributed by atoms with Crippen LogP contribution in [-0.4, -0.2) is 6.29 Å². The topological polar surface area (TPSA) is 17.1 Å². The van der Waals surface area contributed by atoms with Crippen molar-refractivity contribution >= 4 is 6.29 Å². The van der Waals surface area contributed by atoms with E-state index in [2.05, 4.69) is 26.8 Å². The van der Waals surface area contributed by atoms with Crippen molar-refractivity contribution in [2.75, 3.05) is 0 Å². The molecule has 16 heavy (non-hydrogen) atoms. The van der Waals surface area contributed by atoms with Gasteiger partial charge in [-0.15, -0.1) is 0 Å². The fourth-order valence-corrected chi connectivity index (χ4v) is 5.40. The summed E-state index contributed by atoms with van der Waals surface area (Å²) in [4.78, 5) is 11.0. The van der Waals surface area contributed by atoms with Gasteiger partial charge in [0.2, 0.25) is 0 Å². The summed E-state index contributed by atoms with van der Waals surface area (Å²) < 4.78 is 0. The number of rotatable bonds is 1. The average Bonchev–Trinajstić information content (AvgIpc) is 2.55. The molecule has 0 N–H and O–H groups in total. The standard InChI is InChI=1S/C15H22O/c1-10-4-5-12-14(2,3)13-8-11(9-16)6-7-15(10,12)13/h8-10,12-13H,4-7H2,1-3H3/t10-,12+,13+,15+/m0/s1. The van der Waals surface area contributed by atoms with Gasteiger partial charge in [0.25, 0.3) is 0 Å². The maximum atomic E-state index is 11.0. The first-order chi connectivity index (χ1) is 7.53. The zero-order chi connectivity index (χ0) is 11.6. The molecular weight excluding hydrogens is 196 g/mol. The average molecular weight is 218 g/mol. The maximum absolute atomic E-state index is 11.0. The van der Waals surface area contributed by atoms with E-state index in [-0.39, 0.29) is 0 Å². The molecule has 2 fully saturated rings. The summed E-state index contributed by atoms with van der Waals surface area (Å²) in [6, 6.07) is 0. The predicted molar refractivity (Wildman–Crippen MR) is 65.0 cm³/mol. The molecule has 0 radical (unpaired) electrons. The van der Waals surface area contributed by atoms with Gasteiger partial charge in [-0.05, 0) is 59.8 Å². The van der Waals surface area contributed by atoms with E-state index in [1.54, 1.807) is 0 Å². The van der Waals surface area contributed by atoms with Gasteiger partial charge < -0.3 is 0 Å². The van der Waals surface area contributed by atoms with Crippen molar-refractivity contribution in [1.82, 2.24) is 0 Å². The van der Waals surface area contributed by atoms with E-state index in [4.69, 9.17) is 0 Å². The highest BCUT2D eigenvalue weighted by molar-refractivity contribution is 5.73. The molecule has 0 amide bonds. The first-order valence-electron chi connectivity index (χ1n) is 6.69. The molecule has 0 heterocycles. The van der Waals surface area contributed by atoms with Gasteiger partial charge >= 0.3 is 0 Å². The van der Waals surface area contributed by atoms with E-state index < -0.39 is 0 Å². The Morgan fingerprint density at radius 3 is 2.81 bits per heavy atom. The molecule has 0 bridgehead atoms. The van der Waals surface area contributed by atoms with Crippen molar-refractivity contribution in [3.63, 3.8) is 0 Å². The molecule has 1 spiro atoms. The molecule has 1 nitrogen and oxygen atoms in total. The van der Waals surface area contributed by atoms with Gasteiger partial charge in [0.15, 0.2) is 0 Å². The SMILES string of the molecule is C[C@H]1CC[C@@H]2C(C)(C)[C@H]3C=C(C=O)CC[C@]321. The van der Waals surface area contributed by atoms with Crippen LogP contribution in [0.3, 0.4) is 0 Å². The fraction of sp³-hybridized carbons (Fsp3) is 0.800. The molecule has 3 aliphatic carbocycles. The monoisotopic (exact) mass is 218 g/mol. The van der Waals surface area contributed by atoms with Gasteiger partial charge in [0.1, 0.15) is 6.29 Å². The van der Waals surface area contributed by atoms with E-state index in [1.165, 1.54) is 19.3 Å². The van der Waals surface area contributed by atoms with Gasteiger partial charge in [-0.25, -0.2) is 0 Å². The zero-order valence-electron chi connectivity index (χ0n) is 10.6. The Labute approximate surface area is 98.3 Å². The lowest BCUT2D eigenvalue weighted by Gasteiger charge is -2.67. The first kappa shape index (κ1) is 10.6. The van der Waals surface area contributed by atoms with Crippen molar-refractivity contribution < 1.29 is 4.79 Å². The van der Waals surface area contributed by atoms with Crippen LogP contribution < -0.4 is 0 Å². The summed E-state index contributed by atoms with van der Waals surface area (Å²) in [5.74, 6) is 2.43. The van der Waals surface area contributed by atoms with Crippen LogP contribution in [0.4, 0.5) is 0 Å². The van der Waals surface area contributed by atoms with Crippen LogP contribution >= 0.6 is 0 Å². The number of allylic oxidation sites excluding steroid dienone is 2. The normalized spacial score (nSPS) is 48.7. The third-order valence-corrected chi connectivity index (χ3v) is 6.11. The Morgan fingerprint density at radius 2 is 2.12 bits per heavy atom. The molecule has 3 aliphatic rings. The van der Waals surface area contributed by atoms with Crippen LogP contribution in [-0.2, 0) is 4.79 Å². The van der Waals surface area contributed by atoms with Gasteiger partial charge in [0, 0.05) is 0 Å². The lowest BCUT2D eigenvalue weighted by Crippen LogP contribution is -2.62. The molecular formula is C15H22O. The quantitative estimate of drug-likeness (QED) is 0.615. The predicted octanol–water partition coefficient (Wildman–Crippen LogP) is 3.59. The molecule has 0 unspecified atom stereocenters. The maximum Gasteiger partial charge on any atom is 0.145 e. The second-order valence-corrected chi connectivity index (χ2v) is 6.80. The minimum atomic E-state index is 0.430. The van der Waals surface area contributed by atoms with Crippen LogP contribution in [0.2, 0.25) is 0 Å². The van der Waals surface area contributed by atoms with Crippen LogP contribution in [0.15, 0.2) is 11.6 Å². The van der Waals surface area contributed by atoms with Crippen molar-refractivity contribution in [3.05, 3.63) is 11.6 Å². The summed E-state index contributed by atoms with van der Waals surface area (Å²) >= 11 is 0. The first-order valence-corrected chi connectivity index (χ1v) is 6.69. The van der Waals surface area contributed by atoms with Crippen molar-refractivity contribution in [2.45, 2.75) is 46.5 Å². The number of aldehydes is 1. The highest BCUT2D eigenvalue weighted by Crippen LogP contribution is 2.75. The number of carbonyl (C=O) groups excluding carboxylic acids is 1. The molecule has 88 valence electrons. The van der Waals surface area contributed by atoms with Gasteiger partial charge in [-0.3, -0.25) is 4.79 Å². The van der Waals surface area contributed by atoms with Crippen molar-refractivity contribution in [3.8, 4) is 0 Å². The summed E-state index contributed by atoms with van der Waals surface area (Å²) in [7, 11) is 0. The Bertz CT molecular complexity index is 366. The zero-order valence-corrected chi connectivity index (χ0v) is 10.6. The third kappa shape index (κ3) is 0.959. The molecule has 0 saturated heterocycles. The summed E-state index contributed by atoms with van der Waals surface area (Å²) in [5.41, 5.74) is 2.05. The molecule has 0 aliphatic heterocycles. The molecule has 0 aromatic heterocycles. The van der Waals surface area contributed by atoms with Crippen LogP contribution in [0.1, 0.15) is 46.5 Å². The van der Waals surface area contributed by atoms with Crippen molar-refractivity contribution in [2.24, 2.45) is 28.6 Å². The lowest BCUT2D eigenvalue weighted by atomic mass is 9.37. The third-order valence-electron chi connectivity index (χ3n) is 6.11. The largest absolute Gasteiger partial charge is 0.298 e. The Balaban J connectivity index is 2.03. The van der Waals surface area contributed by atoms with E-state index in [1.807, 2.05) is 0 Å². The highest BCUT2D eigenvalue weighted by atomic mass is 16.1. The Morgan fingerprint density at radius 1 is 1.38 bits per heavy atom. The van der Waals surface area contributed by atoms with Crippen molar-refractivity contribution in [1.29, 1.82) is 0 Å². The summed E-state index contributed by atoms with van der Waals surface area (Å²) in [6.07, 6.45) is 8.49. The van der Waals surface area contributed by atoms with E-state index >= 15 is 0 Å². The van der Waals surface area contributed by atoms with Crippen LogP contribution in [0, 0.1) is 28.6 Å². The Kier molecular flexibility index (Phi) is 1.98. The Hall–Kier alpha value is -0.590. The van der Waals surface area contributed by atoms with Gasteiger partial charge in [-0.2, -0.15) is 0 Å². The molecule has 0 aromatic rings. The molecule has 4 atom stereocenters. The number of carbonyl (C=O) groups is 1. The molecule has 2 saturated carbocycles. The van der Waals surface area contributed by atoms with Crippen LogP contribution in [0.25, 0.3) is 0 Å². The summed E-state index contributed by atoms with van der Waals surface area (Å²) in [5, 5.41) is 0. The fourth-order valence-electron chi connectivity index (χ4n) is 5.40. The van der Waals surface area contributed by atoms with Gasteiger partial charge in [-0.1, -0.05) is 26.8 Å². The van der Waals surface area contributed by atoms with Crippen LogP contribution in [0.5, 0.6) is 0 Å².